The van der Waals surface area contributed by atoms with Gasteiger partial charge in [0.1, 0.15) is 5.56 Å². The molecule has 1 atom stereocenters. The van der Waals surface area contributed by atoms with E-state index in [2.05, 4.69) is 16.2 Å². The number of nitrogens with one attached hydrogen (secondary N) is 1. The number of rotatable bonds is 4. The molecule has 0 fully saturated rings. The molecule has 1 heterocycles. The molecule has 7 heteroatoms. The van der Waals surface area contributed by atoms with Gasteiger partial charge in [0.2, 0.25) is 5.15 Å². The van der Waals surface area contributed by atoms with Gasteiger partial charge in [0, 0.05) is 18.7 Å². The Bertz CT molecular complexity index is 525. The van der Waals surface area contributed by atoms with Gasteiger partial charge >= 0.3 is 5.69 Å². The van der Waals surface area contributed by atoms with Crippen molar-refractivity contribution >= 4 is 23.2 Å². The molecule has 18 heavy (non-hydrogen) atoms. The van der Waals surface area contributed by atoms with Gasteiger partial charge in [-0.2, -0.15) is 0 Å². The molecule has 1 N–H and O–H groups in total. The number of nitro groups is 1. The monoisotopic (exact) mass is 267 g/mol. The number of hydrogen-bond donors (Lipinski definition) is 1. The third-order valence-electron chi connectivity index (χ3n) is 2.11. The smallest absolute Gasteiger partial charge is 0.319 e. The van der Waals surface area contributed by atoms with Crippen LogP contribution in [0.4, 0.5) is 5.69 Å². The molecule has 0 aliphatic carbocycles. The SMILES string of the molecule is C#CCC(C)NC(=O)c1ccnc(Cl)c1[N+](=O)[O-]. The summed E-state index contributed by atoms with van der Waals surface area (Å²) in [7, 11) is 0. The second-order valence-corrected chi connectivity index (χ2v) is 3.90. The minimum Gasteiger partial charge on any atom is -0.348 e. The highest BCUT2D eigenvalue weighted by Crippen LogP contribution is 2.25. The van der Waals surface area contributed by atoms with E-state index in [1.165, 1.54) is 12.3 Å². The number of terminal acetylenes is 1. The number of amides is 1. The molecule has 0 saturated carbocycles. The highest BCUT2D eigenvalue weighted by Gasteiger charge is 2.25. The molecule has 0 saturated heterocycles. The maximum atomic E-state index is 11.8. The molecular formula is C11H10ClN3O3. The molecule has 0 bridgehead atoms. The second-order valence-electron chi connectivity index (χ2n) is 3.54. The van der Waals surface area contributed by atoms with Crippen molar-refractivity contribution in [2.45, 2.75) is 19.4 Å². The number of carbonyl (C=O) groups is 1. The number of halogens is 1. The predicted octanol–water partition coefficient (Wildman–Crippen LogP) is 1.78. The van der Waals surface area contributed by atoms with E-state index in [0.29, 0.717) is 6.42 Å². The molecule has 0 spiro atoms. The summed E-state index contributed by atoms with van der Waals surface area (Å²) in [5.41, 5.74) is -0.645. The topological polar surface area (TPSA) is 85.1 Å². The Balaban J connectivity index is 3.03. The van der Waals surface area contributed by atoms with E-state index in [-0.39, 0.29) is 16.8 Å². The fourth-order valence-electron chi connectivity index (χ4n) is 1.31. The number of aromatic nitrogens is 1. The summed E-state index contributed by atoms with van der Waals surface area (Å²) in [4.78, 5) is 25.5. The zero-order valence-corrected chi connectivity index (χ0v) is 10.3. The second kappa shape index (κ2) is 5.98. The van der Waals surface area contributed by atoms with Crippen LogP contribution in [0.25, 0.3) is 0 Å². The van der Waals surface area contributed by atoms with E-state index in [1.54, 1.807) is 6.92 Å². The Morgan fingerprint density at radius 3 is 3.00 bits per heavy atom. The van der Waals surface area contributed by atoms with Crippen LogP contribution in [0.1, 0.15) is 23.7 Å². The summed E-state index contributed by atoms with van der Waals surface area (Å²) < 4.78 is 0. The zero-order valence-electron chi connectivity index (χ0n) is 9.51. The van der Waals surface area contributed by atoms with Crippen LogP contribution in [0.5, 0.6) is 0 Å². The highest BCUT2D eigenvalue weighted by molar-refractivity contribution is 6.32. The Labute approximate surface area is 109 Å². The molecule has 6 nitrogen and oxygen atoms in total. The average molecular weight is 268 g/mol. The number of nitrogens with zero attached hydrogens (tertiary/aromatic N) is 2. The van der Waals surface area contributed by atoms with Crippen LogP contribution in [0.3, 0.4) is 0 Å². The van der Waals surface area contributed by atoms with E-state index in [4.69, 9.17) is 18.0 Å². The number of carbonyl (C=O) groups excluding carboxylic acids is 1. The fourth-order valence-corrected chi connectivity index (χ4v) is 1.54. The molecule has 1 aromatic heterocycles. The van der Waals surface area contributed by atoms with Gasteiger partial charge in [-0.15, -0.1) is 12.3 Å². The molecule has 0 aliphatic heterocycles. The van der Waals surface area contributed by atoms with E-state index >= 15 is 0 Å². The highest BCUT2D eigenvalue weighted by atomic mass is 35.5. The molecule has 0 radical (unpaired) electrons. The van der Waals surface area contributed by atoms with E-state index in [0.717, 1.165) is 0 Å². The molecule has 1 amide bonds. The van der Waals surface area contributed by atoms with Crippen LogP contribution in [-0.4, -0.2) is 21.9 Å². The van der Waals surface area contributed by atoms with Crippen LogP contribution < -0.4 is 5.32 Å². The van der Waals surface area contributed by atoms with Crippen molar-refractivity contribution in [2.24, 2.45) is 0 Å². The minimum absolute atomic E-state index is 0.135. The van der Waals surface area contributed by atoms with E-state index < -0.39 is 16.5 Å². The molecular weight excluding hydrogens is 258 g/mol. The normalized spacial score (nSPS) is 11.4. The fraction of sp³-hybridized carbons (Fsp3) is 0.273. The Morgan fingerprint density at radius 1 is 1.78 bits per heavy atom. The molecule has 1 aromatic rings. The summed E-state index contributed by atoms with van der Waals surface area (Å²) >= 11 is 5.60. The van der Waals surface area contributed by atoms with Crippen molar-refractivity contribution in [3.63, 3.8) is 0 Å². The van der Waals surface area contributed by atoms with Crippen molar-refractivity contribution in [2.75, 3.05) is 0 Å². The van der Waals surface area contributed by atoms with Crippen molar-refractivity contribution in [3.05, 3.63) is 33.1 Å². The van der Waals surface area contributed by atoms with Gasteiger partial charge in [-0.3, -0.25) is 14.9 Å². The maximum absolute atomic E-state index is 11.8. The van der Waals surface area contributed by atoms with Gasteiger partial charge in [-0.05, 0) is 13.0 Å². The predicted molar refractivity (Wildman–Crippen MR) is 66.3 cm³/mol. The van der Waals surface area contributed by atoms with Crippen LogP contribution in [0.15, 0.2) is 12.3 Å². The van der Waals surface area contributed by atoms with Crippen LogP contribution >= 0.6 is 11.6 Å². The number of pyridine rings is 1. The van der Waals surface area contributed by atoms with Crippen molar-refractivity contribution in [1.82, 2.24) is 10.3 Å². The summed E-state index contributed by atoms with van der Waals surface area (Å²) in [6.45, 7) is 1.70. The van der Waals surface area contributed by atoms with Gasteiger partial charge in [-0.25, -0.2) is 4.98 Å². The molecule has 1 rings (SSSR count). The van der Waals surface area contributed by atoms with Gasteiger partial charge in [0.25, 0.3) is 5.91 Å². The molecule has 94 valence electrons. The summed E-state index contributed by atoms with van der Waals surface area (Å²) in [5, 5.41) is 13.1. The molecule has 1 unspecified atom stereocenters. The molecule has 0 aliphatic rings. The van der Waals surface area contributed by atoms with E-state index in [9.17, 15) is 14.9 Å². The maximum Gasteiger partial charge on any atom is 0.319 e. The van der Waals surface area contributed by atoms with Gasteiger partial charge in [0.05, 0.1) is 4.92 Å². The van der Waals surface area contributed by atoms with Crippen molar-refractivity contribution in [3.8, 4) is 12.3 Å². The van der Waals surface area contributed by atoms with Gasteiger partial charge < -0.3 is 5.32 Å². The summed E-state index contributed by atoms with van der Waals surface area (Å²) in [6.07, 6.45) is 6.67. The van der Waals surface area contributed by atoms with E-state index in [1.807, 2.05) is 0 Å². The van der Waals surface area contributed by atoms with Crippen LogP contribution in [0.2, 0.25) is 5.15 Å². The first-order chi connectivity index (χ1) is 8.47. The number of hydrogen-bond acceptors (Lipinski definition) is 4. The van der Waals surface area contributed by atoms with Crippen LogP contribution in [0, 0.1) is 22.5 Å². The van der Waals surface area contributed by atoms with Gasteiger partial charge in [-0.1, -0.05) is 11.6 Å². The third kappa shape index (κ3) is 3.18. The lowest BCUT2D eigenvalue weighted by atomic mass is 10.2. The van der Waals surface area contributed by atoms with Crippen molar-refractivity contribution < 1.29 is 9.72 Å². The van der Waals surface area contributed by atoms with Crippen molar-refractivity contribution in [1.29, 1.82) is 0 Å². The van der Waals surface area contributed by atoms with Crippen LogP contribution in [-0.2, 0) is 0 Å². The first-order valence-corrected chi connectivity index (χ1v) is 5.38. The summed E-state index contributed by atoms with van der Waals surface area (Å²) in [5.74, 6) is 1.78. The first-order valence-electron chi connectivity index (χ1n) is 5.00. The standard InChI is InChI=1S/C11H10ClN3O3/c1-3-4-7(2)14-11(16)8-5-6-13-10(12)9(8)15(17)18/h1,5-7H,4H2,2H3,(H,14,16). The largest absolute Gasteiger partial charge is 0.348 e. The lowest BCUT2D eigenvalue weighted by Gasteiger charge is -2.11. The first kappa shape index (κ1) is 13.9. The zero-order chi connectivity index (χ0) is 13.7. The Morgan fingerprint density at radius 2 is 2.44 bits per heavy atom. The Hall–Kier alpha value is -2.13. The third-order valence-corrected chi connectivity index (χ3v) is 2.38. The molecule has 0 aromatic carbocycles. The average Bonchev–Trinajstić information content (AvgIpc) is 2.28. The quantitative estimate of drug-likeness (QED) is 0.390. The lowest BCUT2D eigenvalue weighted by molar-refractivity contribution is -0.385. The summed E-state index contributed by atoms with van der Waals surface area (Å²) in [6, 6.07) is 0.955. The Kier molecular flexibility index (Phi) is 4.63. The lowest BCUT2D eigenvalue weighted by Crippen LogP contribution is -2.32. The minimum atomic E-state index is -0.740. The van der Waals surface area contributed by atoms with Gasteiger partial charge in [0.15, 0.2) is 0 Å².